The van der Waals surface area contributed by atoms with Crippen LogP contribution in [0.2, 0.25) is 5.02 Å². The van der Waals surface area contributed by atoms with Crippen LogP contribution in [0, 0.1) is 0 Å². The van der Waals surface area contributed by atoms with E-state index in [4.69, 9.17) is 17.3 Å². The van der Waals surface area contributed by atoms with Crippen LogP contribution < -0.4 is 5.73 Å². The van der Waals surface area contributed by atoms with E-state index in [0.717, 1.165) is 10.6 Å². The van der Waals surface area contributed by atoms with Crippen molar-refractivity contribution in [2.75, 3.05) is 6.54 Å². The summed E-state index contributed by atoms with van der Waals surface area (Å²) < 4.78 is 0. The van der Waals surface area contributed by atoms with Gasteiger partial charge in [-0.3, -0.25) is 4.79 Å². The lowest BCUT2D eigenvalue weighted by Crippen LogP contribution is -2.30. The second-order valence-electron chi connectivity index (χ2n) is 4.81. The minimum absolute atomic E-state index is 0.0828. The molecule has 0 aliphatic carbocycles. The summed E-state index contributed by atoms with van der Waals surface area (Å²) in [5.74, 6) is -0.0828. The Balaban J connectivity index is 2.14. The SMILES string of the molecule is CCN(Cc1cccc(Cl)c1)C(=O)c1csc(C(C)N)n1. The Morgan fingerprint density at radius 1 is 1.52 bits per heavy atom. The molecule has 0 radical (unpaired) electrons. The summed E-state index contributed by atoms with van der Waals surface area (Å²) >= 11 is 7.40. The number of hydrogen-bond donors (Lipinski definition) is 1. The van der Waals surface area contributed by atoms with Crippen molar-refractivity contribution in [3.05, 3.63) is 50.9 Å². The number of amides is 1. The van der Waals surface area contributed by atoms with Gasteiger partial charge in [-0.1, -0.05) is 23.7 Å². The highest BCUT2D eigenvalue weighted by atomic mass is 35.5. The number of nitrogens with zero attached hydrogens (tertiary/aromatic N) is 2. The van der Waals surface area contributed by atoms with E-state index < -0.39 is 0 Å². The molecular weight excluding hydrogens is 306 g/mol. The Labute approximate surface area is 133 Å². The average molecular weight is 324 g/mol. The predicted octanol–water partition coefficient (Wildman–Crippen LogP) is 3.48. The first-order valence-corrected chi connectivity index (χ1v) is 8.01. The maximum Gasteiger partial charge on any atom is 0.273 e. The molecule has 0 fully saturated rings. The van der Waals surface area contributed by atoms with Crippen LogP contribution in [0.25, 0.3) is 0 Å². The maximum absolute atomic E-state index is 12.5. The van der Waals surface area contributed by atoms with E-state index in [0.29, 0.717) is 23.8 Å². The molecule has 0 saturated carbocycles. The minimum atomic E-state index is -0.153. The molecule has 0 bridgehead atoms. The number of nitrogens with two attached hydrogens (primary N) is 1. The molecule has 0 aliphatic rings. The number of benzene rings is 1. The standard InChI is InChI=1S/C15H18ClN3OS/c1-3-19(8-11-5-4-6-12(16)7-11)15(20)13-9-21-14(18-13)10(2)17/h4-7,9-10H,3,8,17H2,1-2H3. The zero-order valence-corrected chi connectivity index (χ0v) is 13.6. The van der Waals surface area contributed by atoms with Crippen LogP contribution in [0.3, 0.4) is 0 Å². The van der Waals surface area contributed by atoms with Gasteiger partial charge in [-0.15, -0.1) is 11.3 Å². The molecule has 0 aliphatic heterocycles. The third kappa shape index (κ3) is 4.03. The molecular formula is C15H18ClN3OS. The lowest BCUT2D eigenvalue weighted by molar-refractivity contribution is 0.0747. The number of thiazole rings is 1. The summed E-state index contributed by atoms with van der Waals surface area (Å²) in [6, 6.07) is 7.37. The zero-order chi connectivity index (χ0) is 15.4. The normalized spacial score (nSPS) is 12.2. The van der Waals surface area contributed by atoms with Crippen LogP contribution in [-0.4, -0.2) is 22.3 Å². The van der Waals surface area contributed by atoms with Crippen LogP contribution in [0.5, 0.6) is 0 Å². The van der Waals surface area contributed by atoms with E-state index in [9.17, 15) is 4.79 Å². The molecule has 1 aromatic carbocycles. The predicted molar refractivity (Wildman–Crippen MR) is 86.6 cm³/mol. The van der Waals surface area contributed by atoms with Crippen molar-refractivity contribution in [1.82, 2.24) is 9.88 Å². The Morgan fingerprint density at radius 3 is 2.86 bits per heavy atom. The summed E-state index contributed by atoms with van der Waals surface area (Å²) in [7, 11) is 0. The molecule has 2 N–H and O–H groups in total. The van der Waals surface area contributed by atoms with E-state index in [1.165, 1.54) is 11.3 Å². The van der Waals surface area contributed by atoms with E-state index >= 15 is 0 Å². The molecule has 0 spiro atoms. The first-order chi connectivity index (χ1) is 10.0. The third-order valence-corrected chi connectivity index (χ3v) is 4.34. The molecule has 1 heterocycles. The Morgan fingerprint density at radius 2 is 2.29 bits per heavy atom. The van der Waals surface area contributed by atoms with Gasteiger partial charge in [0.15, 0.2) is 0 Å². The quantitative estimate of drug-likeness (QED) is 0.916. The molecule has 1 unspecified atom stereocenters. The molecule has 1 atom stereocenters. The number of halogens is 1. The largest absolute Gasteiger partial charge is 0.333 e. The topological polar surface area (TPSA) is 59.2 Å². The van der Waals surface area contributed by atoms with Gasteiger partial charge in [0, 0.05) is 23.5 Å². The Kier molecular flexibility index (Phi) is 5.33. The van der Waals surface area contributed by atoms with Crippen LogP contribution in [0.15, 0.2) is 29.6 Å². The van der Waals surface area contributed by atoms with E-state index in [1.807, 2.05) is 38.1 Å². The van der Waals surface area contributed by atoms with Gasteiger partial charge in [0.05, 0.1) is 6.04 Å². The highest BCUT2D eigenvalue weighted by Crippen LogP contribution is 2.18. The number of carbonyl (C=O) groups excluding carboxylic acids is 1. The van der Waals surface area contributed by atoms with Crippen LogP contribution >= 0.6 is 22.9 Å². The molecule has 112 valence electrons. The van der Waals surface area contributed by atoms with Gasteiger partial charge in [0.2, 0.25) is 0 Å². The number of hydrogen-bond acceptors (Lipinski definition) is 4. The van der Waals surface area contributed by atoms with Gasteiger partial charge >= 0.3 is 0 Å². The van der Waals surface area contributed by atoms with Crippen LogP contribution in [0.1, 0.15) is 40.9 Å². The molecule has 4 nitrogen and oxygen atoms in total. The number of rotatable bonds is 5. The first kappa shape index (κ1) is 15.9. The molecule has 1 amide bonds. The monoisotopic (exact) mass is 323 g/mol. The number of aromatic nitrogens is 1. The second kappa shape index (κ2) is 7.02. The van der Waals surface area contributed by atoms with Gasteiger partial charge in [-0.25, -0.2) is 4.98 Å². The van der Waals surface area contributed by atoms with Crippen LogP contribution in [0.4, 0.5) is 0 Å². The van der Waals surface area contributed by atoms with Gasteiger partial charge in [0.1, 0.15) is 10.7 Å². The highest BCUT2D eigenvalue weighted by Gasteiger charge is 2.18. The Hall–Kier alpha value is -1.43. The molecule has 1 aromatic heterocycles. The number of carbonyl (C=O) groups is 1. The fourth-order valence-electron chi connectivity index (χ4n) is 1.94. The fraction of sp³-hybridized carbons (Fsp3) is 0.333. The van der Waals surface area contributed by atoms with Crippen LogP contribution in [-0.2, 0) is 6.54 Å². The molecule has 2 rings (SSSR count). The third-order valence-electron chi connectivity index (χ3n) is 3.06. The van der Waals surface area contributed by atoms with E-state index in [2.05, 4.69) is 4.98 Å². The van der Waals surface area contributed by atoms with E-state index in [1.54, 1.807) is 10.3 Å². The summed E-state index contributed by atoms with van der Waals surface area (Å²) in [4.78, 5) is 18.6. The van der Waals surface area contributed by atoms with Crippen molar-refractivity contribution >= 4 is 28.8 Å². The maximum atomic E-state index is 12.5. The summed E-state index contributed by atoms with van der Waals surface area (Å²) in [5, 5.41) is 3.21. The van der Waals surface area contributed by atoms with Crippen molar-refractivity contribution in [2.24, 2.45) is 5.73 Å². The first-order valence-electron chi connectivity index (χ1n) is 6.76. The summed E-state index contributed by atoms with van der Waals surface area (Å²) in [6.07, 6.45) is 0. The van der Waals surface area contributed by atoms with Gasteiger partial charge in [-0.05, 0) is 31.5 Å². The summed E-state index contributed by atoms with van der Waals surface area (Å²) in [5.41, 5.74) is 7.24. The van der Waals surface area contributed by atoms with Gasteiger partial charge in [0.25, 0.3) is 5.91 Å². The smallest absolute Gasteiger partial charge is 0.273 e. The van der Waals surface area contributed by atoms with Crippen molar-refractivity contribution < 1.29 is 4.79 Å². The second-order valence-corrected chi connectivity index (χ2v) is 6.14. The van der Waals surface area contributed by atoms with Crippen molar-refractivity contribution in [3.63, 3.8) is 0 Å². The Bertz CT molecular complexity index is 627. The van der Waals surface area contributed by atoms with E-state index in [-0.39, 0.29) is 11.9 Å². The van der Waals surface area contributed by atoms with Gasteiger partial charge < -0.3 is 10.6 Å². The molecule has 21 heavy (non-hydrogen) atoms. The minimum Gasteiger partial charge on any atom is -0.333 e. The van der Waals surface area contributed by atoms with Gasteiger partial charge in [-0.2, -0.15) is 0 Å². The molecule has 0 saturated heterocycles. The van der Waals surface area contributed by atoms with Crippen molar-refractivity contribution in [3.8, 4) is 0 Å². The van der Waals surface area contributed by atoms with Crippen molar-refractivity contribution in [2.45, 2.75) is 26.4 Å². The lowest BCUT2D eigenvalue weighted by Gasteiger charge is -2.20. The zero-order valence-electron chi connectivity index (χ0n) is 12.0. The lowest BCUT2D eigenvalue weighted by atomic mass is 10.2. The molecule has 2 aromatic rings. The fourth-order valence-corrected chi connectivity index (χ4v) is 2.90. The highest BCUT2D eigenvalue weighted by molar-refractivity contribution is 7.09. The summed E-state index contributed by atoms with van der Waals surface area (Å²) in [6.45, 7) is 4.93. The van der Waals surface area contributed by atoms with Crippen molar-refractivity contribution in [1.29, 1.82) is 0 Å². The average Bonchev–Trinajstić information content (AvgIpc) is 2.94. The molecule has 6 heteroatoms.